The summed E-state index contributed by atoms with van der Waals surface area (Å²) >= 11 is 0. The van der Waals surface area contributed by atoms with Gasteiger partial charge in [-0.25, -0.2) is 9.67 Å². The first-order valence-corrected chi connectivity index (χ1v) is 8.09. The summed E-state index contributed by atoms with van der Waals surface area (Å²) < 4.78 is 30.5. The van der Waals surface area contributed by atoms with E-state index in [1.54, 1.807) is 29.2 Å². The number of aryl methyl sites for hydroxylation is 2. The summed E-state index contributed by atoms with van der Waals surface area (Å²) in [4.78, 5) is 8.76. The number of aromatic nitrogens is 4. The zero-order valence-electron chi connectivity index (χ0n) is 14.6. The van der Waals surface area contributed by atoms with Crippen LogP contribution in [-0.2, 0) is 0 Å². The summed E-state index contributed by atoms with van der Waals surface area (Å²) in [6.07, 6.45) is 3.27. The fourth-order valence-electron chi connectivity index (χ4n) is 2.63. The molecule has 2 aromatic heterocycles. The van der Waals surface area contributed by atoms with Gasteiger partial charge >= 0.3 is 6.61 Å². The third kappa shape index (κ3) is 4.14. The number of hydrogen-bond acceptors (Lipinski definition) is 5. The average Bonchev–Trinajstić information content (AvgIpc) is 2.93. The first kappa shape index (κ1) is 17.8. The van der Waals surface area contributed by atoms with Gasteiger partial charge in [-0.2, -0.15) is 13.9 Å². The summed E-state index contributed by atoms with van der Waals surface area (Å²) in [5, 5.41) is 7.65. The van der Waals surface area contributed by atoms with Gasteiger partial charge in [0, 0.05) is 11.7 Å². The summed E-state index contributed by atoms with van der Waals surface area (Å²) in [5.74, 6) is 1.34. The number of halogens is 2. The Morgan fingerprint density at radius 1 is 1.12 bits per heavy atom. The van der Waals surface area contributed by atoms with Crippen LogP contribution in [0.2, 0.25) is 0 Å². The highest BCUT2D eigenvalue weighted by Gasteiger charge is 2.11. The minimum atomic E-state index is -2.83. The smallest absolute Gasteiger partial charge is 0.387 e. The molecule has 6 nitrogen and oxygen atoms in total. The average molecular weight is 359 g/mol. The van der Waals surface area contributed by atoms with Crippen LogP contribution < -0.4 is 10.1 Å². The van der Waals surface area contributed by atoms with E-state index >= 15 is 0 Å². The van der Waals surface area contributed by atoms with Gasteiger partial charge in [-0.15, -0.1) is 0 Å². The predicted octanol–water partition coefficient (Wildman–Crippen LogP) is 4.05. The van der Waals surface area contributed by atoms with Gasteiger partial charge in [0.1, 0.15) is 11.6 Å². The molecule has 2 heterocycles. The third-order valence-electron chi connectivity index (χ3n) is 3.82. The molecule has 1 aromatic carbocycles. The van der Waals surface area contributed by atoms with E-state index in [-0.39, 0.29) is 11.8 Å². The third-order valence-corrected chi connectivity index (χ3v) is 3.82. The Labute approximate surface area is 149 Å². The second-order valence-corrected chi connectivity index (χ2v) is 5.91. The molecule has 1 atom stereocenters. The van der Waals surface area contributed by atoms with E-state index in [1.165, 1.54) is 12.1 Å². The molecule has 0 aliphatic heterocycles. The van der Waals surface area contributed by atoms with E-state index in [1.807, 2.05) is 26.8 Å². The van der Waals surface area contributed by atoms with Crippen molar-refractivity contribution in [2.45, 2.75) is 33.4 Å². The number of ether oxygens (including phenoxy) is 1. The van der Waals surface area contributed by atoms with Crippen LogP contribution >= 0.6 is 0 Å². The molecule has 1 unspecified atom stereocenters. The van der Waals surface area contributed by atoms with E-state index in [4.69, 9.17) is 0 Å². The zero-order valence-corrected chi connectivity index (χ0v) is 14.6. The van der Waals surface area contributed by atoms with Gasteiger partial charge in [-0.05, 0) is 44.5 Å². The SMILES string of the molecule is Cc1cc(C)n(-c2cncc(NC(C)c3ccc(OC(F)F)cc3)n2)n1. The van der Waals surface area contributed by atoms with Crippen molar-refractivity contribution in [1.29, 1.82) is 0 Å². The number of nitrogens with zero attached hydrogens (tertiary/aromatic N) is 4. The molecule has 0 spiro atoms. The van der Waals surface area contributed by atoms with Crippen LogP contribution in [0.15, 0.2) is 42.7 Å². The van der Waals surface area contributed by atoms with Gasteiger partial charge in [0.05, 0.1) is 18.1 Å². The maximum absolute atomic E-state index is 12.2. The molecule has 1 N–H and O–H groups in total. The predicted molar refractivity (Wildman–Crippen MR) is 93.7 cm³/mol. The Bertz CT molecular complexity index is 880. The molecule has 0 saturated heterocycles. The molecule has 0 bridgehead atoms. The van der Waals surface area contributed by atoms with Crippen LogP contribution in [0, 0.1) is 13.8 Å². The van der Waals surface area contributed by atoms with Crippen molar-refractivity contribution in [3.05, 3.63) is 59.7 Å². The van der Waals surface area contributed by atoms with Gasteiger partial charge in [0.25, 0.3) is 0 Å². The molecule has 3 rings (SSSR count). The lowest BCUT2D eigenvalue weighted by molar-refractivity contribution is -0.0498. The lowest BCUT2D eigenvalue weighted by Crippen LogP contribution is -2.11. The largest absolute Gasteiger partial charge is 0.435 e. The number of benzene rings is 1. The number of alkyl halides is 2. The zero-order chi connectivity index (χ0) is 18.7. The summed E-state index contributed by atoms with van der Waals surface area (Å²) in [5.41, 5.74) is 2.78. The number of hydrogen-bond donors (Lipinski definition) is 1. The van der Waals surface area contributed by atoms with Crippen LogP contribution in [0.4, 0.5) is 14.6 Å². The molecule has 26 heavy (non-hydrogen) atoms. The fraction of sp³-hybridized carbons (Fsp3) is 0.278. The second-order valence-electron chi connectivity index (χ2n) is 5.91. The lowest BCUT2D eigenvalue weighted by atomic mass is 10.1. The minimum Gasteiger partial charge on any atom is -0.435 e. The van der Waals surface area contributed by atoms with Crippen molar-refractivity contribution in [3.8, 4) is 11.6 Å². The minimum absolute atomic E-state index is 0.0967. The Morgan fingerprint density at radius 2 is 1.85 bits per heavy atom. The van der Waals surface area contributed by atoms with E-state index in [2.05, 4.69) is 25.1 Å². The molecule has 0 amide bonds. The van der Waals surface area contributed by atoms with Gasteiger partial charge in [0.2, 0.25) is 0 Å². The van der Waals surface area contributed by atoms with E-state index < -0.39 is 6.61 Å². The molecule has 3 aromatic rings. The highest BCUT2D eigenvalue weighted by molar-refractivity contribution is 5.40. The van der Waals surface area contributed by atoms with Crippen LogP contribution in [0.1, 0.15) is 29.9 Å². The number of rotatable bonds is 6. The molecule has 0 radical (unpaired) electrons. The molecule has 136 valence electrons. The molecule has 0 aliphatic carbocycles. The fourth-order valence-corrected chi connectivity index (χ4v) is 2.63. The molecule has 8 heteroatoms. The highest BCUT2D eigenvalue weighted by Crippen LogP contribution is 2.22. The molecule has 0 fully saturated rings. The quantitative estimate of drug-likeness (QED) is 0.719. The standard InChI is InChI=1S/C18H19F2N5O/c1-11-8-12(2)25(24-11)17-10-21-9-16(23-17)22-13(3)14-4-6-15(7-5-14)26-18(19)20/h4-10,13,18H,1-3H3,(H,22,23). The van der Waals surface area contributed by atoms with Crippen LogP contribution in [0.5, 0.6) is 5.75 Å². The van der Waals surface area contributed by atoms with Crippen molar-refractivity contribution in [2.75, 3.05) is 5.32 Å². The number of nitrogens with one attached hydrogen (secondary N) is 1. The summed E-state index contributed by atoms with van der Waals surface area (Å²) in [6, 6.07) is 8.35. The maximum Gasteiger partial charge on any atom is 0.387 e. The van der Waals surface area contributed by atoms with Crippen molar-refractivity contribution >= 4 is 5.82 Å². The topological polar surface area (TPSA) is 64.9 Å². The molecule has 0 aliphatic rings. The van der Waals surface area contributed by atoms with Crippen LogP contribution in [-0.4, -0.2) is 26.4 Å². The maximum atomic E-state index is 12.2. The summed E-state index contributed by atoms with van der Waals surface area (Å²) in [6.45, 7) is 2.99. The Hall–Kier alpha value is -3.03. The van der Waals surface area contributed by atoms with Crippen molar-refractivity contribution in [1.82, 2.24) is 19.7 Å². The molecular weight excluding hydrogens is 340 g/mol. The summed E-state index contributed by atoms with van der Waals surface area (Å²) in [7, 11) is 0. The lowest BCUT2D eigenvalue weighted by Gasteiger charge is -2.16. The first-order chi connectivity index (χ1) is 12.4. The van der Waals surface area contributed by atoms with Crippen LogP contribution in [0.3, 0.4) is 0 Å². The van der Waals surface area contributed by atoms with Crippen molar-refractivity contribution in [3.63, 3.8) is 0 Å². The second kappa shape index (κ2) is 7.47. The molecular formula is C18H19F2N5O. The van der Waals surface area contributed by atoms with Gasteiger partial charge in [0.15, 0.2) is 5.82 Å². The Balaban J connectivity index is 1.74. The van der Waals surface area contributed by atoms with Crippen molar-refractivity contribution < 1.29 is 13.5 Å². The number of anilines is 1. The first-order valence-electron chi connectivity index (χ1n) is 8.09. The Morgan fingerprint density at radius 3 is 2.46 bits per heavy atom. The monoisotopic (exact) mass is 359 g/mol. The van der Waals surface area contributed by atoms with E-state index in [0.29, 0.717) is 11.6 Å². The van der Waals surface area contributed by atoms with Gasteiger partial charge in [-0.1, -0.05) is 12.1 Å². The van der Waals surface area contributed by atoms with Gasteiger partial charge in [-0.3, -0.25) is 4.98 Å². The highest BCUT2D eigenvalue weighted by atomic mass is 19.3. The van der Waals surface area contributed by atoms with E-state index in [0.717, 1.165) is 17.0 Å². The van der Waals surface area contributed by atoms with E-state index in [9.17, 15) is 8.78 Å². The van der Waals surface area contributed by atoms with Crippen LogP contribution in [0.25, 0.3) is 5.82 Å². The molecule has 0 saturated carbocycles. The normalized spacial score (nSPS) is 12.2. The Kier molecular flexibility index (Phi) is 5.11. The van der Waals surface area contributed by atoms with Crippen molar-refractivity contribution in [2.24, 2.45) is 0 Å². The van der Waals surface area contributed by atoms with Gasteiger partial charge < -0.3 is 10.1 Å².